The smallest absolute Gasteiger partial charge is 0.0409 e. The minimum Gasteiger partial charge on any atom is -0.313 e. The van der Waals surface area contributed by atoms with Gasteiger partial charge in [0.2, 0.25) is 0 Å². The van der Waals surface area contributed by atoms with Crippen LogP contribution in [0.2, 0.25) is 5.02 Å². The molecule has 1 aromatic carbocycles. The maximum Gasteiger partial charge on any atom is 0.0409 e. The van der Waals surface area contributed by atoms with E-state index >= 15 is 0 Å². The van der Waals surface area contributed by atoms with Gasteiger partial charge < -0.3 is 5.32 Å². The van der Waals surface area contributed by atoms with Crippen molar-refractivity contribution in [2.75, 3.05) is 13.6 Å². The van der Waals surface area contributed by atoms with Crippen molar-refractivity contribution in [3.05, 3.63) is 34.9 Å². The lowest BCUT2D eigenvalue weighted by Crippen LogP contribution is -2.41. The molecular formula is C17H29ClN2. The fraction of sp³-hybridized carbons (Fsp3) is 0.647. The van der Waals surface area contributed by atoms with E-state index in [2.05, 4.69) is 57.1 Å². The van der Waals surface area contributed by atoms with Gasteiger partial charge in [-0.3, -0.25) is 4.90 Å². The molecule has 0 fully saturated rings. The Balaban J connectivity index is 2.53. The van der Waals surface area contributed by atoms with Crippen molar-refractivity contribution in [2.45, 2.75) is 58.7 Å². The van der Waals surface area contributed by atoms with Crippen LogP contribution in [0.1, 0.15) is 52.1 Å². The molecule has 0 aliphatic carbocycles. The van der Waals surface area contributed by atoms with E-state index in [0.717, 1.165) is 11.6 Å². The number of likely N-dealkylation sites (N-methyl/N-ethyl adjacent to an activating group) is 1. The van der Waals surface area contributed by atoms with Crippen LogP contribution in [0.15, 0.2) is 24.3 Å². The maximum atomic E-state index is 6.08. The van der Waals surface area contributed by atoms with Crippen LogP contribution in [0.3, 0.4) is 0 Å². The number of rotatable bonds is 8. The van der Waals surface area contributed by atoms with E-state index in [1.54, 1.807) is 0 Å². The first-order chi connectivity index (χ1) is 9.45. The highest BCUT2D eigenvalue weighted by molar-refractivity contribution is 6.30. The van der Waals surface area contributed by atoms with Crippen molar-refractivity contribution in [1.82, 2.24) is 10.2 Å². The van der Waals surface area contributed by atoms with Crippen molar-refractivity contribution >= 4 is 11.6 Å². The molecule has 1 N–H and O–H groups in total. The van der Waals surface area contributed by atoms with Crippen LogP contribution in [0.5, 0.6) is 0 Å². The summed E-state index contributed by atoms with van der Waals surface area (Å²) in [6.45, 7) is 10.0. The first kappa shape index (κ1) is 17.5. The molecule has 0 spiro atoms. The zero-order valence-corrected chi connectivity index (χ0v) is 14.2. The van der Waals surface area contributed by atoms with Gasteiger partial charge >= 0.3 is 0 Å². The second-order valence-corrected chi connectivity index (χ2v) is 6.28. The van der Waals surface area contributed by atoms with Gasteiger partial charge in [0, 0.05) is 29.7 Å². The fourth-order valence-corrected chi connectivity index (χ4v) is 2.63. The molecule has 114 valence electrons. The summed E-state index contributed by atoms with van der Waals surface area (Å²) in [5, 5.41) is 4.42. The van der Waals surface area contributed by atoms with Crippen LogP contribution >= 0.6 is 11.6 Å². The SMILES string of the molecule is CCCC(C)NCC(C)N(C)C(C)c1cccc(Cl)c1. The van der Waals surface area contributed by atoms with Gasteiger partial charge in [-0.1, -0.05) is 37.1 Å². The lowest BCUT2D eigenvalue weighted by Gasteiger charge is -2.32. The highest BCUT2D eigenvalue weighted by atomic mass is 35.5. The summed E-state index contributed by atoms with van der Waals surface area (Å²) in [4.78, 5) is 2.40. The van der Waals surface area contributed by atoms with E-state index < -0.39 is 0 Å². The largest absolute Gasteiger partial charge is 0.313 e. The number of hydrogen-bond acceptors (Lipinski definition) is 2. The summed E-state index contributed by atoms with van der Waals surface area (Å²) in [7, 11) is 2.18. The monoisotopic (exact) mass is 296 g/mol. The fourth-order valence-electron chi connectivity index (χ4n) is 2.43. The molecule has 3 unspecified atom stereocenters. The van der Waals surface area contributed by atoms with Crippen LogP contribution in [0.25, 0.3) is 0 Å². The maximum absolute atomic E-state index is 6.08. The summed E-state index contributed by atoms with van der Waals surface area (Å²) in [5.41, 5.74) is 1.27. The van der Waals surface area contributed by atoms with E-state index in [1.807, 2.05) is 12.1 Å². The third-order valence-electron chi connectivity index (χ3n) is 4.12. The van der Waals surface area contributed by atoms with Gasteiger partial charge in [0.15, 0.2) is 0 Å². The number of nitrogens with zero attached hydrogens (tertiary/aromatic N) is 1. The first-order valence-electron chi connectivity index (χ1n) is 7.66. The lowest BCUT2D eigenvalue weighted by atomic mass is 10.1. The van der Waals surface area contributed by atoms with Crippen LogP contribution in [0.4, 0.5) is 0 Å². The standard InChI is InChI=1S/C17H29ClN2/c1-6-8-13(2)19-12-14(3)20(5)15(4)16-9-7-10-17(18)11-16/h7,9-11,13-15,19H,6,8,12H2,1-5H3. The summed E-state index contributed by atoms with van der Waals surface area (Å²) >= 11 is 6.08. The van der Waals surface area contributed by atoms with Crippen molar-refractivity contribution < 1.29 is 0 Å². The molecule has 0 radical (unpaired) electrons. The average Bonchev–Trinajstić information content (AvgIpc) is 2.43. The highest BCUT2D eigenvalue weighted by Gasteiger charge is 2.17. The molecule has 0 bridgehead atoms. The Kier molecular flexibility index (Phi) is 7.57. The molecule has 3 atom stereocenters. The van der Waals surface area contributed by atoms with Gasteiger partial charge in [0.25, 0.3) is 0 Å². The third-order valence-corrected chi connectivity index (χ3v) is 4.36. The minimum atomic E-state index is 0.368. The first-order valence-corrected chi connectivity index (χ1v) is 8.04. The van der Waals surface area contributed by atoms with Gasteiger partial charge in [0.1, 0.15) is 0 Å². The Morgan fingerprint density at radius 1 is 1.25 bits per heavy atom. The molecular weight excluding hydrogens is 268 g/mol. The van der Waals surface area contributed by atoms with Crippen molar-refractivity contribution in [1.29, 1.82) is 0 Å². The molecule has 1 aromatic rings. The Hall–Kier alpha value is -0.570. The molecule has 3 heteroatoms. The van der Waals surface area contributed by atoms with Crippen LogP contribution < -0.4 is 5.32 Å². The summed E-state index contributed by atoms with van der Waals surface area (Å²) in [6.07, 6.45) is 2.47. The van der Waals surface area contributed by atoms with Crippen molar-refractivity contribution in [3.8, 4) is 0 Å². The topological polar surface area (TPSA) is 15.3 Å². The predicted octanol–water partition coefficient (Wildman–Crippen LogP) is 4.50. The number of halogens is 1. The van der Waals surface area contributed by atoms with E-state index in [9.17, 15) is 0 Å². The Morgan fingerprint density at radius 3 is 2.55 bits per heavy atom. The number of hydrogen-bond donors (Lipinski definition) is 1. The van der Waals surface area contributed by atoms with Crippen molar-refractivity contribution in [2.24, 2.45) is 0 Å². The van der Waals surface area contributed by atoms with E-state index in [4.69, 9.17) is 11.6 Å². The summed E-state index contributed by atoms with van der Waals surface area (Å²) in [5.74, 6) is 0. The van der Waals surface area contributed by atoms with Crippen LogP contribution in [0, 0.1) is 0 Å². The average molecular weight is 297 g/mol. The molecule has 0 heterocycles. The quantitative estimate of drug-likeness (QED) is 0.760. The lowest BCUT2D eigenvalue weighted by molar-refractivity contribution is 0.189. The Morgan fingerprint density at radius 2 is 1.95 bits per heavy atom. The highest BCUT2D eigenvalue weighted by Crippen LogP contribution is 2.23. The molecule has 20 heavy (non-hydrogen) atoms. The van der Waals surface area contributed by atoms with Gasteiger partial charge in [-0.25, -0.2) is 0 Å². The zero-order valence-electron chi connectivity index (χ0n) is 13.5. The Bertz CT molecular complexity index is 394. The van der Waals surface area contributed by atoms with Gasteiger partial charge in [0.05, 0.1) is 0 Å². The minimum absolute atomic E-state index is 0.368. The number of nitrogens with one attached hydrogen (secondary N) is 1. The summed E-state index contributed by atoms with van der Waals surface area (Å²) < 4.78 is 0. The second-order valence-electron chi connectivity index (χ2n) is 5.84. The molecule has 0 saturated heterocycles. The second kappa shape index (κ2) is 8.66. The predicted molar refractivity (Wildman–Crippen MR) is 89.5 cm³/mol. The molecule has 0 aliphatic heterocycles. The molecule has 0 aromatic heterocycles. The van der Waals surface area contributed by atoms with Gasteiger partial charge in [-0.15, -0.1) is 0 Å². The number of benzene rings is 1. The third kappa shape index (κ3) is 5.43. The zero-order chi connectivity index (χ0) is 15.1. The normalized spacial score (nSPS) is 16.1. The van der Waals surface area contributed by atoms with Gasteiger partial charge in [-0.2, -0.15) is 0 Å². The summed E-state index contributed by atoms with van der Waals surface area (Å²) in [6, 6.07) is 9.60. The molecule has 0 amide bonds. The molecule has 2 nitrogen and oxygen atoms in total. The van der Waals surface area contributed by atoms with Gasteiger partial charge in [-0.05, 0) is 51.9 Å². The van der Waals surface area contributed by atoms with E-state index in [-0.39, 0.29) is 0 Å². The Labute approximate surface area is 129 Å². The molecule has 1 rings (SSSR count). The van der Waals surface area contributed by atoms with E-state index in [1.165, 1.54) is 18.4 Å². The molecule has 0 aliphatic rings. The van der Waals surface area contributed by atoms with Crippen molar-refractivity contribution in [3.63, 3.8) is 0 Å². The van der Waals surface area contributed by atoms with Crippen LogP contribution in [-0.2, 0) is 0 Å². The van der Waals surface area contributed by atoms with Crippen LogP contribution in [-0.4, -0.2) is 30.6 Å². The van der Waals surface area contributed by atoms with E-state index in [0.29, 0.717) is 18.1 Å². The molecule has 0 saturated carbocycles.